The van der Waals surface area contributed by atoms with E-state index in [4.69, 9.17) is 14.2 Å². The fraction of sp³-hybridized carbons (Fsp3) is 0.350. The molecular weight excluding hydrogens is 318 g/mol. The normalized spacial score (nSPS) is 11.6. The molecule has 0 aliphatic rings. The van der Waals surface area contributed by atoms with Crippen LogP contribution in [0.3, 0.4) is 0 Å². The van der Waals surface area contributed by atoms with Gasteiger partial charge in [0.15, 0.2) is 6.10 Å². The van der Waals surface area contributed by atoms with Crippen LogP contribution >= 0.6 is 0 Å². The quantitative estimate of drug-likeness (QED) is 0.822. The van der Waals surface area contributed by atoms with Gasteiger partial charge in [-0.1, -0.05) is 19.1 Å². The number of rotatable bonds is 7. The summed E-state index contributed by atoms with van der Waals surface area (Å²) in [6.45, 7) is 5.92. The van der Waals surface area contributed by atoms with Gasteiger partial charge in [-0.2, -0.15) is 0 Å². The first kappa shape index (κ1) is 18.6. The SMILES string of the molecule is CC[C@@H](Oc1cccc(C)c1C)C(=O)Nc1cc(OC)ccc1OC. The van der Waals surface area contributed by atoms with E-state index in [9.17, 15) is 4.79 Å². The van der Waals surface area contributed by atoms with Crippen molar-refractivity contribution in [3.05, 3.63) is 47.5 Å². The maximum absolute atomic E-state index is 12.7. The van der Waals surface area contributed by atoms with Gasteiger partial charge in [0.05, 0.1) is 19.9 Å². The van der Waals surface area contributed by atoms with E-state index in [1.807, 2.05) is 39.0 Å². The van der Waals surface area contributed by atoms with E-state index in [1.165, 1.54) is 0 Å². The third-order valence-corrected chi connectivity index (χ3v) is 4.15. The molecule has 134 valence electrons. The highest BCUT2D eigenvalue weighted by atomic mass is 16.5. The van der Waals surface area contributed by atoms with Gasteiger partial charge in [-0.3, -0.25) is 4.79 Å². The van der Waals surface area contributed by atoms with Crippen molar-refractivity contribution in [1.82, 2.24) is 0 Å². The molecule has 0 fully saturated rings. The molecular formula is C20H25NO4. The van der Waals surface area contributed by atoms with Crippen molar-refractivity contribution in [3.8, 4) is 17.2 Å². The fourth-order valence-corrected chi connectivity index (χ4v) is 2.45. The van der Waals surface area contributed by atoms with E-state index in [2.05, 4.69) is 5.32 Å². The third-order valence-electron chi connectivity index (χ3n) is 4.15. The monoisotopic (exact) mass is 343 g/mol. The zero-order valence-electron chi connectivity index (χ0n) is 15.4. The predicted molar refractivity (Wildman–Crippen MR) is 98.8 cm³/mol. The van der Waals surface area contributed by atoms with Gasteiger partial charge in [0.25, 0.3) is 5.91 Å². The van der Waals surface area contributed by atoms with Crippen LogP contribution in [0.1, 0.15) is 24.5 Å². The lowest BCUT2D eigenvalue weighted by Gasteiger charge is -2.20. The van der Waals surface area contributed by atoms with Crippen molar-refractivity contribution < 1.29 is 19.0 Å². The maximum atomic E-state index is 12.7. The standard InChI is InChI=1S/C20H25NO4/c1-6-17(25-18-9-7-8-13(2)14(18)3)20(22)21-16-12-15(23-4)10-11-19(16)24-5/h7-12,17H,6H2,1-5H3,(H,21,22)/t17-/m1/s1. The Bertz CT molecular complexity index is 742. The molecule has 0 saturated heterocycles. The maximum Gasteiger partial charge on any atom is 0.265 e. The number of carbonyl (C=O) groups excluding carboxylic acids is 1. The predicted octanol–water partition coefficient (Wildman–Crippen LogP) is 4.12. The van der Waals surface area contributed by atoms with Crippen molar-refractivity contribution in [2.45, 2.75) is 33.3 Å². The molecule has 2 aromatic rings. The average molecular weight is 343 g/mol. The van der Waals surface area contributed by atoms with Crippen molar-refractivity contribution in [2.75, 3.05) is 19.5 Å². The minimum absolute atomic E-state index is 0.227. The number of benzene rings is 2. The van der Waals surface area contributed by atoms with E-state index in [1.54, 1.807) is 32.4 Å². The number of nitrogens with one attached hydrogen (secondary N) is 1. The Morgan fingerprint density at radius 1 is 1.08 bits per heavy atom. The Morgan fingerprint density at radius 2 is 1.84 bits per heavy atom. The molecule has 1 amide bonds. The number of ether oxygens (including phenoxy) is 3. The van der Waals surface area contributed by atoms with Gasteiger partial charge in [-0.25, -0.2) is 0 Å². The number of aryl methyl sites for hydroxylation is 1. The van der Waals surface area contributed by atoms with E-state index in [0.29, 0.717) is 23.6 Å². The van der Waals surface area contributed by atoms with Crippen molar-refractivity contribution >= 4 is 11.6 Å². The van der Waals surface area contributed by atoms with Crippen LogP contribution in [0.25, 0.3) is 0 Å². The lowest BCUT2D eigenvalue weighted by atomic mass is 10.1. The summed E-state index contributed by atoms with van der Waals surface area (Å²) in [4.78, 5) is 12.7. The molecule has 1 atom stereocenters. The van der Waals surface area contributed by atoms with Gasteiger partial charge < -0.3 is 19.5 Å². The number of hydrogen-bond donors (Lipinski definition) is 1. The highest BCUT2D eigenvalue weighted by Gasteiger charge is 2.21. The van der Waals surface area contributed by atoms with Crippen LogP contribution in [0.5, 0.6) is 17.2 Å². The molecule has 0 aromatic heterocycles. The first-order chi connectivity index (χ1) is 12.0. The van der Waals surface area contributed by atoms with E-state index >= 15 is 0 Å². The van der Waals surface area contributed by atoms with Crippen LogP contribution in [0.4, 0.5) is 5.69 Å². The van der Waals surface area contributed by atoms with Gasteiger partial charge in [-0.15, -0.1) is 0 Å². The lowest BCUT2D eigenvalue weighted by molar-refractivity contribution is -0.122. The molecule has 0 aliphatic heterocycles. The fourth-order valence-electron chi connectivity index (χ4n) is 2.45. The highest BCUT2D eigenvalue weighted by Crippen LogP contribution is 2.29. The molecule has 2 rings (SSSR count). The molecule has 0 aliphatic carbocycles. The summed E-state index contributed by atoms with van der Waals surface area (Å²) in [7, 11) is 3.13. The summed E-state index contributed by atoms with van der Waals surface area (Å²) in [6, 6.07) is 11.1. The Morgan fingerprint density at radius 3 is 2.48 bits per heavy atom. The Kier molecular flexibility index (Phi) is 6.28. The third kappa shape index (κ3) is 4.44. The van der Waals surface area contributed by atoms with E-state index < -0.39 is 6.10 Å². The molecule has 0 heterocycles. The largest absolute Gasteiger partial charge is 0.497 e. The minimum atomic E-state index is -0.601. The van der Waals surface area contributed by atoms with Crippen LogP contribution < -0.4 is 19.5 Å². The van der Waals surface area contributed by atoms with Gasteiger partial charge >= 0.3 is 0 Å². The highest BCUT2D eigenvalue weighted by molar-refractivity contribution is 5.95. The molecule has 0 bridgehead atoms. The molecule has 0 unspecified atom stereocenters. The molecule has 1 N–H and O–H groups in total. The topological polar surface area (TPSA) is 56.8 Å². The minimum Gasteiger partial charge on any atom is -0.497 e. The Hall–Kier alpha value is -2.69. The summed E-state index contributed by atoms with van der Waals surface area (Å²) in [5, 5.41) is 2.87. The molecule has 0 spiro atoms. The first-order valence-electron chi connectivity index (χ1n) is 8.25. The summed E-state index contributed by atoms with van der Waals surface area (Å²) in [6.07, 6.45) is -0.0534. The number of hydrogen-bond acceptors (Lipinski definition) is 4. The molecule has 0 radical (unpaired) electrons. The van der Waals surface area contributed by atoms with E-state index in [-0.39, 0.29) is 5.91 Å². The second-order valence-corrected chi connectivity index (χ2v) is 5.77. The number of methoxy groups -OCH3 is 2. The van der Waals surface area contributed by atoms with Crippen molar-refractivity contribution in [2.24, 2.45) is 0 Å². The summed E-state index contributed by atoms with van der Waals surface area (Å²) in [5.41, 5.74) is 2.71. The van der Waals surface area contributed by atoms with E-state index in [0.717, 1.165) is 16.9 Å². The molecule has 2 aromatic carbocycles. The average Bonchev–Trinajstić information content (AvgIpc) is 2.62. The molecule has 0 saturated carbocycles. The molecule has 25 heavy (non-hydrogen) atoms. The van der Waals surface area contributed by atoms with Crippen LogP contribution in [-0.4, -0.2) is 26.2 Å². The summed E-state index contributed by atoms with van der Waals surface area (Å²) >= 11 is 0. The summed E-state index contributed by atoms with van der Waals surface area (Å²) in [5.74, 6) is 1.70. The Balaban J connectivity index is 2.19. The lowest BCUT2D eigenvalue weighted by Crippen LogP contribution is -2.32. The summed E-state index contributed by atoms with van der Waals surface area (Å²) < 4.78 is 16.5. The van der Waals surface area contributed by atoms with Gasteiger partial charge in [0.2, 0.25) is 0 Å². The smallest absolute Gasteiger partial charge is 0.265 e. The van der Waals surface area contributed by atoms with Crippen LogP contribution in [0.15, 0.2) is 36.4 Å². The number of carbonyl (C=O) groups is 1. The Labute approximate surface area is 148 Å². The van der Waals surface area contributed by atoms with Crippen molar-refractivity contribution in [1.29, 1.82) is 0 Å². The van der Waals surface area contributed by atoms with Gasteiger partial charge in [0.1, 0.15) is 17.2 Å². The number of amides is 1. The first-order valence-corrected chi connectivity index (χ1v) is 8.25. The second-order valence-electron chi connectivity index (χ2n) is 5.77. The zero-order valence-corrected chi connectivity index (χ0v) is 15.4. The van der Waals surface area contributed by atoms with Crippen LogP contribution in [0, 0.1) is 13.8 Å². The van der Waals surface area contributed by atoms with Crippen molar-refractivity contribution in [3.63, 3.8) is 0 Å². The van der Waals surface area contributed by atoms with Crippen LogP contribution in [-0.2, 0) is 4.79 Å². The van der Waals surface area contributed by atoms with Crippen LogP contribution in [0.2, 0.25) is 0 Å². The van der Waals surface area contributed by atoms with Gasteiger partial charge in [-0.05, 0) is 49.6 Å². The zero-order chi connectivity index (χ0) is 18.4. The second kappa shape index (κ2) is 8.42. The number of anilines is 1. The molecule has 5 nitrogen and oxygen atoms in total. The van der Waals surface area contributed by atoms with Gasteiger partial charge in [0, 0.05) is 6.07 Å². The molecule has 5 heteroatoms.